The number of hydrogen-bond donors (Lipinski definition) is 0. The second-order valence-electron chi connectivity index (χ2n) is 7.76. The van der Waals surface area contributed by atoms with E-state index in [1.165, 1.54) is 25.3 Å². The fourth-order valence-electron chi connectivity index (χ4n) is 3.65. The average molecular weight is 491 g/mol. The summed E-state index contributed by atoms with van der Waals surface area (Å²) >= 11 is 0. The summed E-state index contributed by atoms with van der Waals surface area (Å²) in [6.07, 6.45) is 3.50. The highest BCUT2D eigenvalue weighted by Gasteiger charge is 2.28. The predicted octanol–water partition coefficient (Wildman–Crippen LogP) is 4.95. The lowest BCUT2D eigenvalue weighted by Gasteiger charge is -2.18. The van der Waals surface area contributed by atoms with Crippen molar-refractivity contribution >= 4 is 23.7 Å². The van der Waals surface area contributed by atoms with Crippen molar-refractivity contribution in [2.24, 2.45) is 0 Å². The number of rotatable bonds is 10. The van der Waals surface area contributed by atoms with Crippen molar-refractivity contribution in [3.05, 3.63) is 98.9 Å². The van der Waals surface area contributed by atoms with Crippen LogP contribution in [0.4, 0.5) is 5.69 Å². The van der Waals surface area contributed by atoms with Crippen LogP contribution in [0.3, 0.4) is 0 Å². The number of ether oxygens (including phenoxy) is 3. The number of aryl methyl sites for hydroxylation is 2. The van der Waals surface area contributed by atoms with Gasteiger partial charge in [-0.1, -0.05) is 48.5 Å². The molecule has 36 heavy (non-hydrogen) atoms. The minimum absolute atomic E-state index is 0.0128. The number of nitro benzene ring substituents is 1. The predicted molar refractivity (Wildman–Crippen MR) is 134 cm³/mol. The number of aromatic nitrogens is 1. The summed E-state index contributed by atoms with van der Waals surface area (Å²) in [6.45, 7) is 3.37. The van der Waals surface area contributed by atoms with Crippen molar-refractivity contribution in [2.75, 3.05) is 26.9 Å². The Morgan fingerprint density at radius 1 is 0.944 bits per heavy atom. The summed E-state index contributed by atoms with van der Waals surface area (Å²) in [6, 6.07) is 15.2. The maximum Gasteiger partial charge on any atom is 0.340 e. The molecule has 0 spiro atoms. The smallest absolute Gasteiger partial charge is 0.340 e. The summed E-state index contributed by atoms with van der Waals surface area (Å²) in [4.78, 5) is 41.5. The molecule has 0 saturated carbocycles. The van der Waals surface area contributed by atoms with E-state index in [2.05, 4.69) is 4.98 Å². The topological polar surface area (TPSA) is 118 Å². The van der Waals surface area contributed by atoms with E-state index in [0.29, 0.717) is 17.0 Å². The largest absolute Gasteiger partial charge is 0.460 e. The number of carbonyl (C=O) groups is 2. The summed E-state index contributed by atoms with van der Waals surface area (Å²) in [7, 11) is 1.47. The van der Waals surface area contributed by atoms with Gasteiger partial charge in [-0.25, -0.2) is 9.59 Å². The van der Waals surface area contributed by atoms with Crippen LogP contribution in [0.5, 0.6) is 0 Å². The lowest BCUT2D eigenvalue weighted by atomic mass is 9.92. The molecule has 1 heterocycles. The molecule has 3 aromatic rings. The molecule has 0 atom stereocenters. The van der Waals surface area contributed by atoms with Gasteiger partial charge in [-0.3, -0.25) is 15.1 Å². The normalized spacial score (nSPS) is 10.9. The SMILES string of the molecule is COCCOC(=O)c1c(C)nc(C)c(C(=O)OC/C=C/c2ccccc2)c1-c1cccc([N+](=O)[O-])c1. The number of carbonyl (C=O) groups excluding carboxylic acids is 2. The first-order valence-electron chi connectivity index (χ1n) is 11.1. The first-order valence-corrected chi connectivity index (χ1v) is 11.1. The van der Waals surface area contributed by atoms with E-state index >= 15 is 0 Å². The third kappa shape index (κ3) is 6.39. The van der Waals surface area contributed by atoms with Gasteiger partial charge in [0, 0.05) is 24.8 Å². The van der Waals surface area contributed by atoms with Crippen molar-refractivity contribution in [1.82, 2.24) is 4.98 Å². The zero-order valence-corrected chi connectivity index (χ0v) is 20.2. The molecule has 0 saturated heterocycles. The molecule has 0 unspecified atom stereocenters. The van der Waals surface area contributed by atoms with Gasteiger partial charge in [-0.15, -0.1) is 0 Å². The summed E-state index contributed by atoms with van der Waals surface area (Å²) < 4.78 is 15.7. The van der Waals surface area contributed by atoms with Crippen LogP contribution in [0.2, 0.25) is 0 Å². The van der Waals surface area contributed by atoms with Crippen LogP contribution in [0.1, 0.15) is 37.7 Å². The molecule has 2 aromatic carbocycles. The Morgan fingerprint density at radius 3 is 2.25 bits per heavy atom. The maximum atomic E-state index is 13.2. The Bertz CT molecular complexity index is 1290. The Balaban J connectivity index is 2.05. The molecule has 1 aromatic heterocycles. The second-order valence-corrected chi connectivity index (χ2v) is 7.76. The van der Waals surface area contributed by atoms with Crippen LogP contribution in [0, 0.1) is 24.0 Å². The highest BCUT2D eigenvalue weighted by atomic mass is 16.6. The number of nitro groups is 1. The van der Waals surface area contributed by atoms with Gasteiger partial charge in [0.2, 0.25) is 0 Å². The molecular formula is C27H26N2O7. The molecule has 0 N–H and O–H groups in total. The molecule has 0 radical (unpaired) electrons. The lowest BCUT2D eigenvalue weighted by molar-refractivity contribution is -0.384. The van der Waals surface area contributed by atoms with E-state index in [1.807, 2.05) is 36.4 Å². The molecule has 0 aliphatic heterocycles. The molecule has 186 valence electrons. The summed E-state index contributed by atoms with van der Waals surface area (Å²) in [5, 5.41) is 11.4. The van der Waals surface area contributed by atoms with Crippen LogP contribution < -0.4 is 0 Å². The summed E-state index contributed by atoms with van der Waals surface area (Å²) in [5.41, 5.74) is 1.92. The molecule has 0 bridgehead atoms. The minimum Gasteiger partial charge on any atom is -0.460 e. The molecule has 0 aliphatic carbocycles. The lowest BCUT2D eigenvalue weighted by Crippen LogP contribution is -2.18. The number of nitrogens with zero attached hydrogens (tertiary/aromatic N) is 2. The molecule has 9 nitrogen and oxygen atoms in total. The quantitative estimate of drug-likeness (QED) is 0.170. The number of pyridine rings is 1. The molecular weight excluding hydrogens is 464 g/mol. The molecule has 0 fully saturated rings. The maximum absolute atomic E-state index is 13.2. The van der Waals surface area contributed by atoms with E-state index in [9.17, 15) is 19.7 Å². The first-order chi connectivity index (χ1) is 17.3. The van der Waals surface area contributed by atoms with Crippen LogP contribution in [0.15, 0.2) is 60.7 Å². The van der Waals surface area contributed by atoms with E-state index in [-0.39, 0.29) is 42.2 Å². The zero-order chi connectivity index (χ0) is 26.1. The Labute approximate surface area is 208 Å². The van der Waals surface area contributed by atoms with Crippen LogP contribution in [-0.4, -0.2) is 48.8 Å². The number of hydrogen-bond acceptors (Lipinski definition) is 8. The van der Waals surface area contributed by atoms with E-state index < -0.39 is 16.9 Å². The minimum atomic E-state index is -0.725. The van der Waals surface area contributed by atoms with Gasteiger partial charge >= 0.3 is 11.9 Å². The summed E-state index contributed by atoms with van der Waals surface area (Å²) in [5.74, 6) is -1.44. The number of benzene rings is 2. The van der Waals surface area contributed by atoms with Crippen LogP contribution in [0.25, 0.3) is 17.2 Å². The Kier molecular flexibility index (Phi) is 9.01. The van der Waals surface area contributed by atoms with Gasteiger partial charge in [0.25, 0.3) is 5.69 Å². The Morgan fingerprint density at radius 2 is 1.61 bits per heavy atom. The van der Waals surface area contributed by atoms with Gasteiger partial charge in [-0.05, 0) is 31.1 Å². The molecule has 0 aliphatic rings. The van der Waals surface area contributed by atoms with Crippen molar-refractivity contribution < 1.29 is 28.7 Å². The van der Waals surface area contributed by atoms with Crippen molar-refractivity contribution in [1.29, 1.82) is 0 Å². The van der Waals surface area contributed by atoms with Crippen LogP contribution in [-0.2, 0) is 14.2 Å². The monoisotopic (exact) mass is 490 g/mol. The van der Waals surface area contributed by atoms with Crippen molar-refractivity contribution in [3.8, 4) is 11.1 Å². The fourth-order valence-corrected chi connectivity index (χ4v) is 3.65. The van der Waals surface area contributed by atoms with Gasteiger partial charge in [0.1, 0.15) is 13.2 Å². The van der Waals surface area contributed by atoms with Crippen molar-refractivity contribution in [2.45, 2.75) is 13.8 Å². The highest BCUT2D eigenvalue weighted by molar-refractivity contribution is 6.07. The molecule has 9 heteroatoms. The first kappa shape index (κ1) is 26.2. The van der Waals surface area contributed by atoms with Gasteiger partial charge in [0.05, 0.1) is 34.0 Å². The fraction of sp³-hybridized carbons (Fsp3) is 0.222. The molecule has 3 rings (SSSR count). The number of non-ortho nitro benzene ring substituents is 1. The van der Waals surface area contributed by atoms with Crippen LogP contribution >= 0.6 is 0 Å². The Hall–Kier alpha value is -4.37. The third-order valence-electron chi connectivity index (χ3n) is 5.25. The van der Waals surface area contributed by atoms with E-state index in [1.54, 1.807) is 26.0 Å². The van der Waals surface area contributed by atoms with Gasteiger partial charge in [-0.2, -0.15) is 0 Å². The third-order valence-corrected chi connectivity index (χ3v) is 5.25. The highest BCUT2D eigenvalue weighted by Crippen LogP contribution is 2.34. The number of methoxy groups -OCH3 is 1. The standard InChI is InChI=1S/C27H26N2O7/c1-18-23(26(30)35-14-8-11-20-9-5-4-6-10-20)25(21-12-7-13-22(17-21)29(32)33)24(19(2)28-18)27(31)36-16-15-34-3/h4-13,17H,14-16H2,1-3H3/b11-8+. The van der Waals surface area contributed by atoms with E-state index in [4.69, 9.17) is 14.2 Å². The second kappa shape index (κ2) is 12.4. The molecule has 0 amide bonds. The zero-order valence-electron chi connectivity index (χ0n) is 20.2. The van der Waals surface area contributed by atoms with E-state index in [0.717, 1.165) is 5.56 Å². The van der Waals surface area contributed by atoms with Crippen molar-refractivity contribution in [3.63, 3.8) is 0 Å². The van der Waals surface area contributed by atoms with Gasteiger partial charge in [0.15, 0.2) is 0 Å². The average Bonchev–Trinajstić information content (AvgIpc) is 2.86. The van der Waals surface area contributed by atoms with Gasteiger partial charge < -0.3 is 14.2 Å². The number of esters is 2.